The van der Waals surface area contributed by atoms with Crippen molar-refractivity contribution in [1.29, 1.82) is 0 Å². The number of rotatable bonds is 2. The lowest BCUT2D eigenvalue weighted by Crippen LogP contribution is -2.41. The molecule has 1 aromatic heterocycles. The molecule has 0 aromatic carbocycles. The summed E-state index contributed by atoms with van der Waals surface area (Å²) in [6.07, 6.45) is 3.37. The number of amides is 1. The number of H-pyrrole nitrogens is 1. The molecule has 1 N–H and O–H groups in total. The van der Waals surface area contributed by atoms with Gasteiger partial charge in [0.15, 0.2) is 0 Å². The minimum absolute atomic E-state index is 0.120. The minimum atomic E-state index is -0.260. The van der Waals surface area contributed by atoms with Crippen LogP contribution in [0.3, 0.4) is 0 Å². The standard InChI is InChI=1S/C17H25N3O2/c1-12(2)15-7-6-14(16(21)18-15)17(22)20-10-4-9-19-8-3-5-13(19)11-20/h6-7,12-13H,3-5,8-11H2,1-2H3,(H,18,21)/t13-/m0/s1. The highest BCUT2D eigenvalue weighted by atomic mass is 16.2. The Bertz CT molecular complexity index is 608. The zero-order chi connectivity index (χ0) is 15.7. The van der Waals surface area contributed by atoms with Crippen LogP contribution in [0, 0.1) is 0 Å². The summed E-state index contributed by atoms with van der Waals surface area (Å²) in [5.41, 5.74) is 0.888. The third-order valence-electron chi connectivity index (χ3n) is 4.88. The van der Waals surface area contributed by atoms with Gasteiger partial charge in [-0.15, -0.1) is 0 Å². The molecule has 0 spiro atoms. The Hall–Kier alpha value is -1.62. The first-order chi connectivity index (χ1) is 10.6. The van der Waals surface area contributed by atoms with Gasteiger partial charge in [-0.25, -0.2) is 0 Å². The van der Waals surface area contributed by atoms with Crippen LogP contribution in [0.5, 0.6) is 0 Å². The van der Waals surface area contributed by atoms with Crippen LogP contribution < -0.4 is 5.56 Å². The Morgan fingerprint density at radius 2 is 2.00 bits per heavy atom. The number of nitrogens with zero attached hydrogens (tertiary/aromatic N) is 2. The predicted molar refractivity (Wildman–Crippen MR) is 86.3 cm³/mol. The van der Waals surface area contributed by atoms with Gasteiger partial charge < -0.3 is 9.88 Å². The van der Waals surface area contributed by atoms with Crippen molar-refractivity contribution in [2.24, 2.45) is 0 Å². The summed E-state index contributed by atoms with van der Waals surface area (Å²) in [4.78, 5) is 32.2. The van der Waals surface area contributed by atoms with E-state index in [4.69, 9.17) is 0 Å². The maximum absolute atomic E-state index is 12.7. The van der Waals surface area contributed by atoms with E-state index < -0.39 is 0 Å². The molecular formula is C17H25N3O2. The molecule has 3 rings (SSSR count). The molecule has 5 heteroatoms. The van der Waals surface area contributed by atoms with Gasteiger partial charge in [-0.2, -0.15) is 0 Å². The Kier molecular flexibility index (Phi) is 4.34. The summed E-state index contributed by atoms with van der Waals surface area (Å²) in [5, 5.41) is 0. The van der Waals surface area contributed by atoms with Crippen molar-refractivity contribution >= 4 is 5.91 Å². The number of pyridine rings is 1. The van der Waals surface area contributed by atoms with Crippen molar-refractivity contribution in [3.05, 3.63) is 33.7 Å². The highest BCUT2D eigenvalue weighted by Crippen LogP contribution is 2.22. The normalized spacial score (nSPS) is 22.7. The van der Waals surface area contributed by atoms with E-state index in [0.29, 0.717) is 6.04 Å². The second-order valence-electron chi connectivity index (χ2n) is 6.75. The van der Waals surface area contributed by atoms with E-state index in [-0.39, 0.29) is 22.9 Å². The molecule has 22 heavy (non-hydrogen) atoms. The smallest absolute Gasteiger partial charge is 0.261 e. The van der Waals surface area contributed by atoms with Gasteiger partial charge in [0, 0.05) is 31.4 Å². The third-order valence-corrected chi connectivity index (χ3v) is 4.88. The average Bonchev–Trinajstić information content (AvgIpc) is 2.83. The van der Waals surface area contributed by atoms with Crippen LogP contribution in [0.4, 0.5) is 0 Å². The summed E-state index contributed by atoms with van der Waals surface area (Å²) in [5.74, 6) is 0.132. The molecule has 2 aliphatic rings. The van der Waals surface area contributed by atoms with Crippen LogP contribution in [0.15, 0.2) is 16.9 Å². The van der Waals surface area contributed by atoms with E-state index in [9.17, 15) is 9.59 Å². The molecule has 0 bridgehead atoms. The minimum Gasteiger partial charge on any atom is -0.337 e. The van der Waals surface area contributed by atoms with E-state index in [2.05, 4.69) is 9.88 Å². The van der Waals surface area contributed by atoms with Gasteiger partial charge in [0.1, 0.15) is 5.56 Å². The molecule has 120 valence electrons. The Morgan fingerprint density at radius 1 is 1.23 bits per heavy atom. The quantitative estimate of drug-likeness (QED) is 0.906. The SMILES string of the molecule is CC(C)c1ccc(C(=O)N2CCCN3CCC[C@H]3C2)c(=O)[nH]1. The first kappa shape index (κ1) is 15.3. The lowest BCUT2D eigenvalue weighted by atomic mass is 10.1. The Morgan fingerprint density at radius 3 is 2.73 bits per heavy atom. The van der Waals surface area contributed by atoms with Gasteiger partial charge in [-0.05, 0) is 43.9 Å². The number of hydrogen-bond donors (Lipinski definition) is 1. The predicted octanol–water partition coefficient (Wildman–Crippen LogP) is 1.81. The van der Waals surface area contributed by atoms with E-state index in [1.54, 1.807) is 6.07 Å². The largest absolute Gasteiger partial charge is 0.337 e. The number of aromatic nitrogens is 1. The summed E-state index contributed by atoms with van der Waals surface area (Å²) in [6.45, 7) is 7.77. The van der Waals surface area contributed by atoms with Crippen LogP contribution in [0.1, 0.15) is 55.1 Å². The second kappa shape index (κ2) is 6.24. The van der Waals surface area contributed by atoms with E-state index in [0.717, 1.165) is 44.7 Å². The molecule has 0 saturated carbocycles. The van der Waals surface area contributed by atoms with Crippen LogP contribution in [0.25, 0.3) is 0 Å². The molecule has 0 unspecified atom stereocenters. The lowest BCUT2D eigenvalue weighted by molar-refractivity contribution is 0.0741. The monoisotopic (exact) mass is 303 g/mol. The van der Waals surface area contributed by atoms with Crippen LogP contribution in [0.2, 0.25) is 0 Å². The fraction of sp³-hybridized carbons (Fsp3) is 0.647. The molecule has 1 aromatic rings. The molecule has 5 nitrogen and oxygen atoms in total. The molecule has 3 heterocycles. The Labute approximate surface area is 131 Å². The molecule has 0 radical (unpaired) electrons. The molecule has 0 aliphatic carbocycles. The summed E-state index contributed by atoms with van der Waals surface area (Å²) < 4.78 is 0. The molecule has 2 aliphatic heterocycles. The van der Waals surface area contributed by atoms with Crippen LogP contribution in [-0.2, 0) is 0 Å². The molecule has 1 atom stereocenters. The van der Waals surface area contributed by atoms with Crippen LogP contribution >= 0.6 is 0 Å². The Balaban J connectivity index is 1.79. The fourth-order valence-electron chi connectivity index (χ4n) is 3.56. The van der Waals surface area contributed by atoms with Gasteiger partial charge in [0.25, 0.3) is 11.5 Å². The van der Waals surface area contributed by atoms with Crippen LogP contribution in [-0.4, -0.2) is 52.9 Å². The molecule has 2 saturated heterocycles. The molecular weight excluding hydrogens is 278 g/mol. The first-order valence-electron chi connectivity index (χ1n) is 8.33. The summed E-state index contributed by atoms with van der Waals surface area (Å²) in [7, 11) is 0. The van der Waals surface area contributed by atoms with Crippen molar-refractivity contribution in [2.45, 2.75) is 45.1 Å². The summed E-state index contributed by atoms with van der Waals surface area (Å²) in [6, 6.07) is 4.02. The van der Waals surface area contributed by atoms with E-state index >= 15 is 0 Å². The second-order valence-corrected chi connectivity index (χ2v) is 6.75. The fourth-order valence-corrected chi connectivity index (χ4v) is 3.56. The molecule has 2 fully saturated rings. The topological polar surface area (TPSA) is 56.4 Å². The van der Waals surface area contributed by atoms with Crippen molar-refractivity contribution in [1.82, 2.24) is 14.8 Å². The van der Waals surface area contributed by atoms with Gasteiger partial charge in [0.05, 0.1) is 0 Å². The number of fused-ring (bicyclic) bond motifs is 1. The highest BCUT2D eigenvalue weighted by Gasteiger charge is 2.31. The zero-order valence-electron chi connectivity index (χ0n) is 13.5. The van der Waals surface area contributed by atoms with E-state index in [1.807, 2.05) is 24.8 Å². The van der Waals surface area contributed by atoms with Crippen molar-refractivity contribution in [2.75, 3.05) is 26.2 Å². The zero-order valence-corrected chi connectivity index (χ0v) is 13.5. The maximum atomic E-state index is 12.7. The first-order valence-corrected chi connectivity index (χ1v) is 8.33. The van der Waals surface area contributed by atoms with Gasteiger partial charge >= 0.3 is 0 Å². The number of carbonyl (C=O) groups is 1. The number of nitrogens with one attached hydrogen (secondary N) is 1. The van der Waals surface area contributed by atoms with Crippen molar-refractivity contribution < 1.29 is 4.79 Å². The average molecular weight is 303 g/mol. The maximum Gasteiger partial charge on any atom is 0.261 e. The van der Waals surface area contributed by atoms with Crippen molar-refractivity contribution in [3.63, 3.8) is 0 Å². The van der Waals surface area contributed by atoms with Gasteiger partial charge in [-0.1, -0.05) is 13.8 Å². The van der Waals surface area contributed by atoms with Crippen molar-refractivity contribution in [3.8, 4) is 0 Å². The lowest BCUT2D eigenvalue weighted by Gasteiger charge is -2.25. The summed E-state index contributed by atoms with van der Waals surface area (Å²) >= 11 is 0. The van der Waals surface area contributed by atoms with Gasteiger partial charge in [0.2, 0.25) is 0 Å². The number of carbonyl (C=O) groups excluding carboxylic acids is 1. The third kappa shape index (κ3) is 2.95. The number of aromatic amines is 1. The molecule has 1 amide bonds. The van der Waals surface area contributed by atoms with Gasteiger partial charge in [-0.3, -0.25) is 14.5 Å². The highest BCUT2D eigenvalue weighted by molar-refractivity contribution is 5.93. The van der Waals surface area contributed by atoms with E-state index in [1.165, 1.54) is 6.42 Å². The number of hydrogen-bond acceptors (Lipinski definition) is 3.